The van der Waals surface area contributed by atoms with Gasteiger partial charge >= 0.3 is 0 Å². The second kappa shape index (κ2) is 12.8. The van der Waals surface area contributed by atoms with Gasteiger partial charge in [0.2, 0.25) is 5.91 Å². The van der Waals surface area contributed by atoms with Gasteiger partial charge in [-0.2, -0.15) is 10.2 Å². The Bertz CT molecular complexity index is 1930. The van der Waals surface area contributed by atoms with E-state index in [-0.39, 0.29) is 28.6 Å². The van der Waals surface area contributed by atoms with E-state index in [0.717, 1.165) is 87.5 Å². The average Bonchev–Trinajstić information content (AvgIpc) is 3.67. The second-order valence-electron chi connectivity index (χ2n) is 15.2. The fourth-order valence-corrected chi connectivity index (χ4v) is 9.04. The van der Waals surface area contributed by atoms with Gasteiger partial charge < -0.3 is 19.6 Å². The van der Waals surface area contributed by atoms with Crippen LogP contribution >= 0.6 is 0 Å². The molecule has 1 spiro atoms. The number of aldehydes is 1. The number of halogens is 2. The number of benzene rings is 1. The number of aromatic nitrogens is 4. The maximum Gasteiger partial charge on any atom is 0.264 e. The fraction of sp³-hybridized carbons (Fsp3) is 0.514. The maximum atomic E-state index is 14.6. The molecule has 2 N–H and O–H groups in total. The molecule has 2 aromatic heterocycles. The number of fused-ring (bicyclic) bond motifs is 2. The topological polar surface area (TPSA) is 130 Å². The van der Waals surface area contributed by atoms with Crippen LogP contribution in [0.2, 0.25) is 0 Å². The first kappa shape index (κ1) is 33.4. The number of nitrogens with zero attached hydrogens (tertiary/aromatic N) is 8. The summed E-state index contributed by atoms with van der Waals surface area (Å²) >= 11 is 0. The van der Waals surface area contributed by atoms with Crippen LogP contribution in [0, 0.1) is 22.2 Å². The molecule has 0 atom stereocenters. The maximum absolute atomic E-state index is 14.6. The molecule has 1 aromatic carbocycles. The van der Waals surface area contributed by atoms with E-state index in [0.29, 0.717) is 48.8 Å². The Morgan fingerprint density at radius 2 is 1.88 bits per heavy atom. The second-order valence-corrected chi connectivity index (χ2v) is 15.2. The highest BCUT2D eigenvalue weighted by molar-refractivity contribution is 6.32. The minimum atomic E-state index is -2.65. The molecule has 0 radical (unpaired) electrons. The first-order valence-electron chi connectivity index (χ1n) is 17.9. The predicted molar refractivity (Wildman–Crippen MR) is 189 cm³/mol. The molecule has 8 rings (SSSR count). The predicted octanol–water partition coefficient (Wildman–Crippen LogP) is 4.53. The number of alkyl halides is 2. The zero-order chi connectivity index (χ0) is 35.6. The van der Waals surface area contributed by atoms with Crippen molar-refractivity contribution in [2.24, 2.45) is 18.4 Å². The molecule has 51 heavy (non-hydrogen) atoms. The van der Waals surface area contributed by atoms with E-state index < -0.39 is 6.43 Å². The van der Waals surface area contributed by atoms with Crippen LogP contribution in [0.15, 0.2) is 36.7 Å². The molecule has 14 heteroatoms. The number of nitrogens with one attached hydrogen (secondary N) is 2. The van der Waals surface area contributed by atoms with Crippen molar-refractivity contribution in [3.63, 3.8) is 0 Å². The van der Waals surface area contributed by atoms with Crippen molar-refractivity contribution in [2.75, 3.05) is 50.7 Å². The first-order chi connectivity index (χ1) is 24.5. The van der Waals surface area contributed by atoms with Crippen LogP contribution in [-0.2, 0) is 36.0 Å². The van der Waals surface area contributed by atoms with E-state index in [9.17, 15) is 18.4 Å². The number of rotatable bonds is 9. The summed E-state index contributed by atoms with van der Waals surface area (Å²) in [7, 11) is 1.78. The summed E-state index contributed by atoms with van der Waals surface area (Å²) in [4.78, 5) is 31.6. The smallest absolute Gasteiger partial charge is 0.264 e. The standard InChI is InChI=1S/C37H44F2N10O2/c1-23(51)46-9-7-32-31(19-46)36(48-8-3-4-25-10-29(26-14-42-44(2)18-26)30(35(38)39)11-33(25)48)43-49(32)28-12-37(13-28)21-45(22-37)15-24-16-47(17-24)34(41)6-5-27(40)20-50/h5-6,10-11,14,18,20,24,28,35,40-41H,3-4,7-9,12-13,15-17,19,21-22H2,1-2H3/b6-5-,40-27?,41-34?. The molecule has 4 aliphatic heterocycles. The van der Waals surface area contributed by atoms with Gasteiger partial charge in [0.1, 0.15) is 5.84 Å². The van der Waals surface area contributed by atoms with Crippen molar-refractivity contribution in [3.05, 3.63) is 59.1 Å². The van der Waals surface area contributed by atoms with Gasteiger partial charge in [-0.3, -0.25) is 29.8 Å². The normalized spacial score (nSPS) is 20.3. The zero-order valence-corrected chi connectivity index (χ0v) is 29.1. The summed E-state index contributed by atoms with van der Waals surface area (Å²) in [6.45, 7) is 8.12. The molecule has 0 bridgehead atoms. The van der Waals surface area contributed by atoms with Crippen molar-refractivity contribution >= 4 is 35.2 Å². The summed E-state index contributed by atoms with van der Waals surface area (Å²) in [6.07, 6.45) is 8.58. The fourth-order valence-electron chi connectivity index (χ4n) is 9.04. The van der Waals surface area contributed by atoms with Gasteiger partial charge in [-0.05, 0) is 66.5 Å². The number of anilines is 2. The average molecular weight is 699 g/mol. The lowest BCUT2D eigenvalue weighted by molar-refractivity contribution is -0.129. The first-order valence-corrected chi connectivity index (χ1v) is 17.9. The minimum absolute atomic E-state index is 0.0107. The van der Waals surface area contributed by atoms with E-state index in [1.807, 2.05) is 15.9 Å². The molecule has 6 heterocycles. The molecule has 1 amide bonds. The molecule has 1 saturated carbocycles. The number of hydrogen-bond acceptors (Lipinski definition) is 8. The summed E-state index contributed by atoms with van der Waals surface area (Å²) < 4.78 is 33.0. The third-order valence-corrected chi connectivity index (χ3v) is 11.5. The number of allylic oxidation sites excluding steroid dienone is 1. The number of likely N-dealkylation sites (tertiary alicyclic amines) is 2. The summed E-state index contributed by atoms with van der Waals surface area (Å²) in [5, 5.41) is 25.1. The number of amidine groups is 1. The van der Waals surface area contributed by atoms with Crippen molar-refractivity contribution in [3.8, 4) is 11.1 Å². The SMILES string of the molecule is CC(=O)N1CCc2c(c(N3CCCc4cc(-c5cnn(C)c5)c(C(F)F)cc43)nn2C2CC3(C2)CN(CC2CN(C(=N)/C=C\C(=N)C=O)C2)C3)C1. The molecule has 268 valence electrons. The molecule has 12 nitrogen and oxygen atoms in total. The molecular weight excluding hydrogens is 654 g/mol. The zero-order valence-electron chi connectivity index (χ0n) is 29.1. The molecule has 3 aromatic rings. The lowest BCUT2D eigenvalue weighted by Crippen LogP contribution is -2.65. The highest BCUT2D eigenvalue weighted by Gasteiger charge is 2.54. The van der Waals surface area contributed by atoms with Crippen molar-refractivity contribution in [1.29, 1.82) is 10.8 Å². The quantitative estimate of drug-likeness (QED) is 0.191. The van der Waals surface area contributed by atoms with E-state index in [1.165, 1.54) is 17.8 Å². The number of carbonyl (C=O) groups is 2. The molecule has 0 unspecified atom stereocenters. The summed E-state index contributed by atoms with van der Waals surface area (Å²) in [5.41, 5.74) is 5.33. The van der Waals surface area contributed by atoms with Crippen molar-refractivity contribution in [2.45, 2.75) is 58.0 Å². The van der Waals surface area contributed by atoms with E-state index >= 15 is 0 Å². The van der Waals surface area contributed by atoms with Gasteiger partial charge in [0.05, 0.1) is 24.5 Å². The van der Waals surface area contributed by atoms with Crippen LogP contribution < -0.4 is 4.90 Å². The lowest BCUT2D eigenvalue weighted by atomic mass is 9.60. The van der Waals surface area contributed by atoms with Gasteiger partial charge in [0.25, 0.3) is 6.43 Å². The van der Waals surface area contributed by atoms with Gasteiger partial charge in [-0.15, -0.1) is 0 Å². The monoisotopic (exact) mass is 698 g/mol. The minimum Gasteiger partial charge on any atom is -0.356 e. The summed E-state index contributed by atoms with van der Waals surface area (Å²) in [5.74, 6) is 1.66. The van der Waals surface area contributed by atoms with Crippen LogP contribution in [0.3, 0.4) is 0 Å². The Hall–Kier alpha value is -4.72. The Kier molecular flexibility index (Phi) is 8.39. The van der Waals surface area contributed by atoms with Gasteiger partial charge in [-0.25, -0.2) is 8.78 Å². The van der Waals surface area contributed by atoms with Crippen molar-refractivity contribution < 1.29 is 18.4 Å². The van der Waals surface area contributed by atoms with Gasteiger partial charge in [0.15, 0.2) is 12.1 Å². The van der Waals surface area contributed by atoms with Crippen LogP contribution in [-0.4, -0.2) is 104 Å². The van der Waals surface area contributed by atoms with Gasteiger partial charge in [-0.1, -0.05) is 0 Å². The highest BCUT2D eigenvalue weighted by Crippen LogP contribution is 2.55. The van der Waals surface area contributed by atoms with Crippen LogP contribution in [0.4, 0.5) is 20.3 Å². The van der Waals surface area contributed by atoms with Crippen molar-refractivity contribution in [1.82, 2.24) is 34.3 Å². The highest BCUT2D eigenvalue weighted by atomic mass is 19.3. The lowest BCUT2D eigenvalue weighted by Gasteiger charge is -2.60. The van der Waals surface area contributed by atoms with Crippen LogP contribution in [0.1, 0.15) is 61.0 Å². The van der Waals surface area contributed by atoms with E-state index in [2.05, 4.69) is 19.6 Å². The van der Waals surface area contributed by atoms with E-state index in [1.54, 1.807) is 37.1 Å². The molecule has 5 aliphatic rings. The molecule has 2 saturated heterocycles. The Morgan fingerprint density at radius 3 is 2.57 bits per heavy atom. The third kappa shape index (κ3) is 6.06. The Labute approximate surface area is 295 Å². The molecule has 3 fully saturated rings. The van der Waals surface area contributed by atoms with Crippen LogP contribution in [0.5, 0.6) is 0 Å². The Morgan fingerprint density at radius 1 is 1.10 bits per heavy atom. The van der Waals surface area contributed by atoms with Gasteiger partial charge in [0, 0.05) is 106 Å². The number of aryl methyl sites for hydroxylation is 2. The number of carbonyl (C=O) groups excluding carboxylic acids is 2. The van der Waals surface area contributed by atoms with E-state index in [4.69, 9.17) is 15.9 Å². The molecule has 1 aliphatic carbocycles. The third-order valence-electron chi connectivity index (χ3n) is 11.5. The summed E-state index contributed by atoms with van der Waals surface area (Å²) in [6, 6.07) is 3.83. The van der Waals surface area contributed by atoms with Crippen LogP contribution in [0.25, 0.3) is 11.1 Å². The number of hydrogen-bond donors (Lipinski definition) is 2. The Balaban J connectivity index is 0.983. The number of amides is 1. The molecular formula is C37H44F2N10O2. The largest absolute Gasteiger partial charge is 0.356 e.